The van der Waals surface area contributed by atoms with E-state index in [-0.39, 0.29) is 5.41 Å². The molecule has 1 unspecified atom stereocenters. The molecule has 0 fully saturated rings. The van der Waals surface area contributed by atoms with Gasteiger partial charge in [-0.3, -0.25) is 0 Å². The van der Waals surface area contributed by atoms with Gasteiger partial charge in [0.2, 0.25) is 0 Å². The predicted octanol–water partition coefficient (Wildman–Crippen LogP) is 8.15. The monoisotopic (exact) mass is 563 g/mol. The first kappa shape index (κ1) is 28.4. The minimum absolute atomic E-state index is 0.139. The number of unbranched alkanes of at least 4 members (excludes halogenated alkanes) is 5. The van der Waals surface area contributed by atoms with Gasteiger partial charge in [-0.1, -0.05) is 133 Å². The SMILES string of the molecule is CCCCCCCCC(/C=C(/O[SiH](c1ccccc1)c1ccccc1)c1cccc(Br)n1)C(C)(C)C. The van der Waals surface area contributed by atoms with Gasteiger partial charge in [0, 0.05) is 0 Å². The van der Waals surface area contributed by atoms with Crippen LogP contribution in [0.1, 0.15) is 78.3 Å². The largest absolute Gasteiger partial charge is 0.536 e. The molecule has 192 valence electrons. The number of aromatic nitrogens is 1. The molecule has 0 aliphatic rings. The fourth-order valence-electron chi connectivity index (χ4n) is 4.54. The van der Waals surface area contributed by atoms with Gasteiger partial charge >= 0.3 is 0 Å². The molecule has 0 N–H and O–H groups in total. The number of allylic oxidation sites excluding steroid dienone is 1. The van der Waals surface area contributed by atoms with Crippen LogP contribution in [-0.2, 0) is 4.43 Å². The van der Waals surface area contributed by atoms with Gasteiger partial charge in [-0.15, -0.1) is 0 Å². The molecule has 3 aromatic rings. The molecule has 0 radical (unpaired) electrons. The number of hydrogen-bond donors (Lipinski definition) is 0. The summed E-state index contributed by atoms with van der Waals surface area (Å²) in [4.78, 5) is 4.82. The lowest BCUT2D eigenvalue weighted by Gasteiger charge is -2.30. The Hall–Kier alpha value is -2.17. The molecular formula is C32H42BrNOSi. The third kappa shape index (κ3) is 9.04. The van der Waals surface area contributed by atoms with E-state index in [1.165, 1.54) is 55.3 Å². The normalized spacial score (nSPS) is 13.1. The minimum atomic E-state index is -1.98. The third-order valence-electron chi connectivity index (χ3n) is 6.75. The number of halogens is 1. The Labute approximate surface area is 229 Å². The Balaban J connectivity index is 1.95. The van der Waals surface area contributed by atoms with E-state index in [2.05, 4.69) is 116 Å². The number of benzene rings is 2. The molecule has 36 heavy (non-hydrogen) atoms. The standard InChI is InChI=1S/C32H42BrNOSi/c1-5-6-7-8-9-12-18-26(32(2,3)4)25-30(29-23-17-24-31(33)34-29)35-36(27-19-13-10-14-20-27)28-21-15-11-16-22-28/h10-11,13-17,19-26,36H,5-9,12,18H2,1-4H3/b30-25+. The van der Waals surface area contributed by atoms with Crippen LogP contribution in [0.4, 0.5) is 0 Å². The van der Waals surface area contributed by atoms with Gasteiger partial charge in [-0.2, -0.15) is 0 Å². The van der Waals surface area contributed by atoms with Crippen molar-refractivity contribution < 1.29 is 4.43 Å². The lowest BCUT2D eigenvalue weighted by Crippen LogP contribution is -2.44. The van der Waals surface area contributed by atoms with Gasteiger partial charge in [0.25, 0.3) is 9.04 Å². The first-order chi connectivity index (χ1) is 17.4. The summed E-state index contributed by atoms with van der Waals surface area (Å²) in [7, 11) is -1.98. The van der Waals surface area contributed by atoms with Crippen LogP contribution < -0.4 is 10.4 Å². The van der Waals surface area contributed by atoms with Crippen LogP contribution in [-0.4, -0.2) is 14.0 Å². The average Bonchev–Trinajstić information content (AvgIpc) is 2.87. The number of hydrogen-bond acceptors (Lipinski definition) is 2. The number of pyridine rings is 1. The Bertz CT molecular complexity index is 1020. The molecule has 2 aromatic carbocycles. The molecule has 4 heteroatoms. The second-order valence-corrected chi connectivity index (χ2v) is 13.9. The summed E-state index contributed by atoms with van der Waals surface area (Å²) in [5, 5.41) is 2.54. The van der Waals surface area contributed by atoms with Crippen molar-refractivity contribution in [3.63, 3.8) is 0 Å². The van der Waals surface area contributed by atoms with Crippen LogP contribution in [0.15, 0.2) is 89.5 Å². The van der Waals surface area contributed by atoms with E-state index >= 15 is 0 Å². The van der Waals surface area contributed by atoms with Crippen molar-refractivity contribution in [1.29, 1.82) is 0 Å². The molecular weight excluding hydrogens is 522 g/mol. The molecule has 1 atom stereocenters. The van der Waals surface area contributed by atoms with E-state index in [1.807, 2.05) is 12.1 Å². The zero-order chi connectivity index (χ0) is 25.8. The fraction of sp³-hybridized carbons (Fsp3) is 0.406. The van der Waals surface area contributed by atoms with Crippen LogP contribution in [0.5, 0.6) is 0 Å². The van der Waals surface area contributed by atoms with E-state index in [4.69, 9.17) is 9.41 Å². The van der Waals surface area contributed by atoms with E-state index in [9.17, 15) is 0 Å². The van der Waals surface area contributed by atoms with Crippen molar-refractivity contribution in [2.24, 2.45) is 11.3 Å². The van der Waals surface area contributed by atoms with E-state index in [1.54, 1.807) is 0 Å². The molecule has 1 aromatic heterocycles. The zero-order valence-corrected chi connectivity index (χ0v) is 25.2. The van der Waals surface area contributed by atoms with Gasteiger partial charge in [-0.25, -0.2) is 4.98 Å². The minimum Gasteiger partial charge on any atom is -0.536 e. The van der Waals surface area contributed by atoms with Crippen LogP contribution in [0.2, 0.25) is 0 Å². The van der Waals surface area contributed by atoms with Crippen molar-refractivity contribution in [2.45, 2.75) is 72.6 Å². The van der Waals surface area contributed by atoms with Crippen LogP contribution in [0, 0.1) is 11.3 Å². The van der Waals surface area contributed by atoms with Crippen LogP contribution in [0.3, 0.4) is 0 Å². The lowest BCUT2D eigenvalue weighted by molar-refractivity contribution is 0.269. The summed E-state index contributed by atoms with van der Waals surface area (Å²) in [6.45, 7) is 9.32. The highest BCUT2D eigenvalue weighted by Gasteiger charge is 2.26. The quantitative estimate of drug-likeness (QED) is 0.0905. The Morgan fingerprint density at radius 1 is 0.833 bits per heavy atom. The Kier molecular flexibility index (Phi) is 11.5. The van der Waals surface area contributed by atoms with Crippen LogP contribution in [0.25, 0.3) is 5.76 Å². The second-order valence-electron chi connectivity index (χ2n) is 10.7. The molecule has 0 aliphatic carbocycles. The first-order valence-corrected chi connectivity index (χ1v) is 15.9. The molecule has 0 saturated carbocycles. The van der Waals surface area contributed by atoms with Crippen molar-refractivity contribution >= 4 is 41.1 Å². The highest BCUT2D eigenvalue weighted by molar-refractivity contribution is 9.10. The highest BCUT2D eigenvalue weighted by atomic mass is 79.9. The summed E-state index contributed by atoms with van der Waals surface area (Å²) < 4.78 is 7.89. The molecule has 0 aliphatic heterocycles. The summed E-state index contributed by atoms with van der Waals surface area (Å²) in [6.07, 6.45) is 11.4. The fourth-order valence-corrected chi connectivity index (χ4v) is 7.13. The van der Waals surface area contributed by atoms with Crippen molar-refractivity contribution in [2.75, 3.05) is 0 Å². The second kappa shape index (κ2) is 14.5. The summed E-state index contributed by atoms with van der Waals surface area (Å²) in [6, 6.07) is 27.5. The number of rotatable bonds is 13. The predicted molar refractivity (Wildman–Crippen MR) is 161 cm³/mol. The molecule has 0 saturated heterocycles. The first-order valence-electron chi connectivity index (χ1n) is 13.5. The topological polar surface area (TPSA) is 22.1 Å². The summed E-state index contributed by atoms with van der Waals surface area (Å²) >= 11 is 3.58. The van der Waals surface area contributed by atoms with Crippen molar-refractivity contribution in [3.8, 4) is 0 Å². The van der Waals surface area contributed by atoms with E-state index in [0.29, 0.717) is 5.92 Å². The zero-order valence-electron chi connectivity index (χ0n) is 22.4. The van der Waals surface area contributed by atoms with E-state index < -0.39 is 9.04 Å². The summed E-state index contributed by atoms with van der Waals surface area (Å²) in [5.74, 6) is 1.31. The Morgan fingerprint density at radius 3 is 1.97 bits per heavy atom. The van der Waals surface area contributed by atoms with Gasteiger partial charge in [0.1, 0.15) is 16.1 Å². The molecule has 0 amide bonds. The lowest BCUT2D eigenvalue weighted by atomic mass is 9.77. The van der Waals surface area contributed by atoms with Crippen LogP contribution >= 0.6 is 15.9 Å². The third-order valence-corrected chi connectivity index (χ3v) is 9.66. The van der Waals surface area contributed by atoms with Crippen molar-refractivity contribution in [3.05, 3.63) is 95.2 Å². The molecule has 3 rings (SSSR count). The molecule has 0 spiro atoms. The Morgan fingerprint density at radius 2 is 1.42 bits per heavy atom. The smallest absolute Gasteiger partial charge is 0.299 e. The maximum atomic E-state index is 7.07. The molecule has 2 nitrogen and oxygen atoms in total. The summed E-state index contributed by atoms with van der Waals surface area (Å²) in [5.41, 5.74) is 1.03. The molecule has 0 bridgehead atoms. The van der Waals surface area contributed by atoms with Crippen molar-refractivity contribution in [1.82, 2.24) is 4.98 Å². The number of nitrogens with zero attached hydrogens (tertiary/aromatic N) is 1. The van der Waals surface area contributed by atoms with Gasteiger partial charge in [-0.05, 0) is 62.3 Å². The van der Waals surface area contributed by atoms with Gasteiger partial charge in [0.05, 0.1) is 0 Å². The van der Waals surface area contributed by atoms with Gasteiger partial charge in [0.15, 0.2) is 0 Å². The average molecular weight is 565 g/mol. The highest BCUT2D eigenvalue weighted by Crippen LogP contribution is 2.34. The van der Waals surface area contributed by atoms with Gasteiger partial charge < -0.3 is 4.43 Å². The maximum Gasteiger partial charge on any atom is 0.299 e. The molecule has 1 heterocycles. The van der Waals surface area contributed by atoms with E-state index in [0.717, 1.165) is 16.1 Å². The maximum absolute atomic E-state index is 7.07.